The molecule has 0 aliphatic carbocycles. The molecule has 0 amide bonds. The van der Waals surface area contributed by atoms with Gasteiger partial charge in [0, 0.05) is 0 Å². The molecule has 2 N–H and O–H groups in total. The number of nitrogens with zero attached hydrogens (tertiary/aromatic N) is 1. The fourth-order valence-corrected chi connectivity index (χ4v) is 4.48. The zero-order chi connectivity index (χ0) is 23.5. The van der Waals surface area contributed by atoms with Crippen LogP contribution >= 0.6 is 0 Å². The second-order valence-electron chi connectivity index (χ2n) is 7.08. The first-order chi connectivity index (χ1) is 15.3. The zero-order valence-corrected chi connectivity index (χ0v) is 20.1. The van der Waals surface area contributed by atoms with Crippen molar-refractivity contribution in [1.29, 1.82) is 5.41 Å². The summed E-state index contributed by atoms with van der Waals surface area (Å²) in [7, 11) is 1.48. The van der Waals surface area contributed by atoms with Gasteiger partial charge < -0.3 is 0 Å². The Morgan fingerprint density at radius 1 is 1.00 bits per heavy atom. The number of hydrogen-bond donors (Lipinski definition) is 2. The number of aliphatic carboxylic acids is 1. The van der Waals surface area contributed by atoms with Crippen molar-refractivity contribution in [3.8, 4) is 0 Å². The van der Waals surface area contributed by atoms with Crippen LogP contribution in [0, 0.1) is 5.41 Å². The van der Waals surface area contributed by atoms with E-state index in [2.05, 4.69) is 0 Å². The van der Waals surface area contributed by atoms with E-state index in [-0.39, 0.29) is 17.5 Å². The normalized spacial score (nSPS) is 12.7. The molecule has 0 bridgehead atoms. The predicted molar refractivity (Wildman–Crippen MR) is 121 cm³/mol. The molecule has 9 heteroatoms. The van der Waals surface area contributed by atoms with Crippen LogP contribution in [0.1, 0.15) is 24.5 Å². The summed E-state index contributed by atoms with van der Waals surface area (Å²) < 4.78 is 9.48. The fraction of sp³-hybridized carbons (Fsp3) is 0.304. The summed E-state index contributed by atoms with van der Waals surface area (Å²) in [6.07, 6.45) is -0.208. The molecular weight excluding hydrogens is 475 g/mol. The van der Waals surface area contributed by atoms with Gasteiger partial charge in [-0.15, -0.1) is 0 Å². The summed E-state index contributed by atoms with van der Waals surface area (Å²) in [6.45, 7) is 1.44. The van der Waals surface area contributed by atoms with Gasteiger partial charge in [-0.25, -0.2) is 0 Å². The maximum absolute atomic E-state index is 12.2. The van der Waals surface area contributed by atoms with Crippen molar-refractivity contribution in [1.82, 2.24) is 4.90 Å². The molecule has 32 heavy (non-hydrogen) atoms. The van der Waals surface area contributed by atoms with Gasteiger partial charge in [0.2, 0.25) is 0 Å². The van der Waals surface area contributed by atoms with Crippen molar-refractivity contribution in [2.75, 3.05) is 7.05 Å². The van der Waals surface area contributed by atoms with Crippen molar-refractivity contribution in [2.45, 2.75) is 38.5 Å². The van der Waals surface area contributed by atoms with Crippen molar-refractivity contribution in [2.24, 2.45) is 0 Å². The minimum atomic E-state index is -1.74. The number of nitrogens with one attached hydrogen (secondary N) is 1. The van der Waals surface area contributed by atoms with Gasteiger partial charge in [-0.2, -0.15) is 0 Å². The molecule has 2 aromatic rings. The molecule has 170 valence electrons. The summed E-state index contributed by atoms with van der Waals surface area (Å²) in [5.74, 6) is -1.57. The van der Waals surface area contributed by atoms with E-state index in [9.17, 15) is 19.5 Å². The number of amidine groups is 1. The molecule has 0 spiro atoms. The van der Waals surface area contributed by atoms with Gasteiger partial charge in [0.05, 0.1) is 0 Å². The number of rotatable bonds is 11. The third-order valence-electron chi connectivity index (χ3n) is 4.63. The van der Waals surface area contributed by atoms with Gasteiger partial charge in [-0.3, -0.25) is 0 Å². The van der Waals surface area contributed by atoms with Gasteiger partial charge in [0.1, 0.15) is 0 Å². The third-order valence-corrected chi connectivity index (χ3v) is 6.54. The molecule has 3 unspecified atom stereocenters. The van der Waals surface area contributed by atoms with Crippen LogP contribution in [0.15, 0.2) is 60.7 Å². The molecule has 0 aliphatic rings. The van der Waals surface area contributed by atoms with E-state index in [1.165, 1.54) is 18.9 Å². The van der Waals surface area contributed by atoms with E-state index in [1.54, 1.807) is 0 Å². The van der Waals surface area contributed by atoms with E-state index in [0.717, 1.165) is 11.1 Å². The van der Waals surface area contributed by atoms with Crippen LogP contribution in [0.3, 0.4) is 0 Å². The zero-order valence-electron chi connectivity index (χ0n) is 18.0. The first-order valence-electron chi connectivity index (χ1n) is 10.1. The third kappa shape index (κ3) is 8.55. The molecule has 0 fully saturated rings. The Bertz CT molecular complexity index is 923. The molecule has 0 aliphatic heterocycles. The summed E-state index contributed by atoms with van der Waals surface area (Å²) in [6, 6.07) is 17.6. The first kappa shape index (κ1) is 25.1. The van der Waals surface area contributed by atoms with Crippen LogP contribution in [-0.4, -0.2) is 66.5 Å². The Hall–Kier alpha value is -3.12. The van der Waals surface area contributed by atoms with E-state index in [4.69, 9.17) is 14.9 Å². The Morgan fingerprint density at radius 3 is 2.12 bits per heavy atom. The number of carboxylic acid groups (broad SMARTS) is 1. The Kier molecular flexibility index (Phi) is 9.95. The first-order valence-corrected chi connectivity index (χ1v) is 12.1. The van der Waals surface area contributed by atoms with E-state index >= 15 is 0 Å². The molecule has 0 saturated carbocycles. The number of aryl methyl sites for hydroxylation is 1. The summed E-state index contributed by atoms with van der Waals surface area (Å²) in [5, 5.41) is 17.7. The number of likely N-dealkylation sites (N-methyl/N-ethyl adjacent to an activating group) is 1. The SMILES string of the molecule is CC(OC(=O)CCc1ccccc1)OC(=O)[AsH]C(=N)N(C)C(Cc1ccccc1)C(=O)O. The quantitative estimate of drug-likeness (QED) is 0.160. The Balaban J connectivity index is 1.80. The van der Waals surface area contributed by atoms with Crippen molar-refractivity contribution < 1.29 is 29.0 Å². The number of carboxylic acids is 1. The van der Waals surface area contributed by atoms with Gasteiger partial charge in [0.15, 0.2) is 0 Å². The number of carbonyl (C=O) groups is 3. The van der Waals surface area contributed by atoms with Gasteiger partial charge in [-0.05, 0) is 0 Å². The van der Waals surface area contributed by atoms with Crippen LogP contribution in [0.5, 0.6) is 0 Å². The standard InChI is InChI=1S/C23H27AsN2O6/c1-16(31-20(27)14-13-17-9-5-3-6-10-17)32-23(30)24-22(25)26(2)19(21(28)29)15-18-11-7-4-8-12-18/h3-12,16,19,24-25H,13-15H2,1-2H3,(H,28,29). The summed E-state index contributed by atoms with van der Waals surface area (Å²) in [4.78, 5) is 37.1. The molecule has 0 saturated heterocycles. The van der Waals surface area contributed by atoms with Gasteiger partial charge in [-0.1, -0.05) is 0 Å². The van der Waals surface area contributed by atoms with Crippen molar-refractivity contribution >= 4 is 37.1 Å². The van der Waals surface area contributed by atoms with Gasteiger partial charge >= 0.3 is 194 Å². The molecule has 3 atom stereocenters. The van der Waals surface area contributed by atoms with Crippen LogP contribution in [-0.2, 0) is 31.9 Å². The maximum atomic E-state index is 12.2. The summed E-state index contributed by atoms with van der Waals surface area (Å²) >= 11 is -1.74. The van der Waals surface area contributed by atoms with Gasteiger partial charge in [0.25, 0.3) is 0 Å². The molecule has 2 rings (SSSR count). The molecule has 0 radical (unpaired) electrons. The number of ether oxygens (including phenoxy) is 2. The average molecular weight is 502 g/mol. The fourth-order valence-electron chi connectivity index (χ4n) is 2.91. The van der Waals surface area contributed by atoms with Crippen LogP contribution in [0.2, 0.25) is 0 Å². The second kappa shape index (κ2) is 12.7. The minimum absolute atomic E-state index is 0.0825. The topological polar surface area (TPSA) is 117 Å². The number of hydrogen-bond acceptors (Lipinski definition) is 6. The average Bonchev–Trinajstić information content (AvgIpc) is 2.76. The van der Waals surface area contributed by atoms with E-state index < -0.39 is 44.8 Å². The number of esters is 1. The molecule has 8 nitrogen and oxygen atoms in total. The predicted octanol–water partition coefficient (Wildman–Crippen LogP) is 2.64. The molecule has 0 aromatic heterocycles. The summed E-state index contributed by atoms with van der Waals surface area (Å²) in [5.41, 5.74) is 1.82. The van der Waals surface area contributed by atoms with E-state index in [1.807, 2.05) is 60.7 Å². The number of benzene rings is 2. The monoisotopic (exact) mass is 502 g/mol. The molecular formula is C23H27AsN2O6. The Labute approximate surface area is 193 Å². The molecule has 2 aromatic carbocycles. The number of carbonyl (C=O) groups excluding carboxylic acids is 2. The Morgan fingerprint density at radius 2 is 1.56 bits per heavy atom. The van der Waals surface area contributed by atoms with E-state index in [0.29, 0.717) is 6.42 Å². The van der Waals surface area contributed by atoms with Crippen LogP contribution < -0.4 is 0 Å². The second-order valence-corrected chi connectivity index (χ2v) is 9.45. The van der Waals surface area contributed by atoms with Crippen LogP contribution in [0.4, 0.5) is 4.79 Å². The van der Waals surface area contributed by atoms with Crippen molar-refractivity contribution in [3.63, 3.8) is 0 Å². The molecule has 0 heterocycles. The van der Waals surface area contributed by atoms with Crippen molar-refractivity contribution in [3.05, 3.63) is 71.8 Å². The van der Waals surface area contributed by atoms with Crippen LogP contribution in [0.25, 0.3) is 0 Å².